The van der Waals surface area contributed by atoms with Gasteiger partial charge in [-0.05, 0) is 39.8 Å². The van der Waals surface area contributed by atoms with Crippen LogP contribution < -0.4 is 4.73 Å². The van der Waals surface area contributed by atoms with Crippen LogP contribution >= 0.6 is 0 Å². The van der Waals surface area contributed by atoms with E-state index >= 15 is 0 Å². The van der Waals surface area contributed by atoms with Gasteiger partial charge < -0.3 is 10.4 Å². The maximum atomic E-state index is 13.1. The van der Waals surface area contributed by atoms with Gasteiger partial charge in [-0.25, -0.2) is 4.73 Å². The van der Waals surface area contributed by atoms with Gasteiger partial charge in [0.2, 0.25) is 5.52 Å². The summed E-state index contributed by atoms with van der Waals surface area (Å²) in [4.78, 5) is 0. The molecule has 0 fully saturated rings. The maximum Gasteiger partial charge on any atom is 0.332 e. The Balaban J connectivity index is 2.09. The van der Waals surface area contributed by atoms with Crippen LogP contribution in [0.1, 0.15) is 0 Å². The minimum atomic E-state index is 0.220. The van der Waals surface area contributed by atoms with Crippen LogP contribution in [0.4, 0.5) is 0 Å². The van der Waals surface area contributed by atoms with E-state index in [4.69, 9.17) is 0 Å². The van der Waals surface area contributed by atoms with Gasteiger partial charge in [-0.3, -0.25) is 0 Å². The molecule has 0 aliphatic carbocycles. The van der Waals surface area contributed by atoms with Crippen molar-refractivity contribution < 1.29 is 9.94 Å². The van der Waals surface area contributed by atoms with Gasteiger partial charge in [0.05, 0.1) is 5.56 Å². The lowest BCUT2D eigenvalue weighted by molar-refractivity contribution is -0.566. The highest BCUT2D eigenvalue weighted by atomic mass is 16.5. The fraction of sp³-hybridized carbons (Fsp3) is 0. The highest BCUT2D eigenvalue weighted by Gasteiger charge is 2.27. The normalized spacial score (nSPS) is 11.5. The molecule has 4 heteroatoms. The van der Waals surface area contributed by atoms with Crippen LogP contribution in [-0.4, -0.2) is 9.94 Å². The van der Waals surface area contributed by atoms with Crippen molar-refractivity contribution in [1.82, 2.24) is 4.73 Å². The lowest BCUT2D eigenvalue weighted by Crippen LogP contribution is -2.28. The molecule has 5 aromatic rings. The summed E-state index contributed by atoms with van der Waals surface area (Å²) in [6.45, 7) is 0. The zero-order valence-electron chi connectivity index (χ0n) is 13.3. The Labute approximate surface area is 143 Å². The van der Waals surface area contributed by atoms with Crippen molar-refractivity contribution in [2.24, 2.45) is 0 Å². The molecule has 0 aliphatic rings. The van der Waals surface area contributed by atoms with Gasteiger partial charge in [0.15, 0.2) is 5.52 Å². The zero-order chi connectivity index (χ0) is 17.0. The van der Waals surface area contributed by atoms with E-state index < -0.39 is 0 Å². The van der Waals surface area contributed by atoms with Gasteiger partial charge in [0.1, 0.15) is 0 Å². The highest BCUT2D eigenvalue weighted by molar-refractivity contribution is 6.22. The molecule has 0 aliphatic heterocycles. The molecule has 0 amide bonds. The Kier molecular flexibility index (Phi) is 2.76. The van der Waals surface area contributed by atoms with E-state index in [-0.39, 0.29) is 5.82 Å². The molecular weight excluding hydrogens is 312 g/mol. The van der Waals surface area contributed by atoms with E-state index in [9.17, 15) is 10.4 Å². The first-order valence-corrected chi connectivity index (χ1v) is 8.09. The van der Waals surface area contributed by atoms with Crippen LogP contribution in [0.15, 0.2) is 78.9 Å². The first-order valence-electron chi connectivity index (χ1n) is 8.09. The van der Waals surface area contributed by atoms with Crippen molar-refractivity contribution in [1.29, 1.82) is 0 Å². The molecule has 25 heavy (non-hydrogen) atoms. The van der Waals surface area contributed by atoms with Crippen LogP contribution in [0.2, 0.25) is 0 Å². The number of hydrogen-bond donors (Lipinski definition) is 1. The SMILES string of the molecule is [O-][n+]1c(-c2ccccc2)n(O)c2c3ccccc3c3ccccc3c21. The molecule has 4 nitrogen and oxygen atoms in total. The molecule has 0 radical (unpaired) electrons. The molecule has 1 N–H and O–H groups in total. The second-order valence-electron chi connectivity index (χ2n) is 6.08. The largest absolute Gasteiger partial charge is 0.710 e. The molecule has 0 unspecified atom stereocenters. The summed E-state index contributed by atoms with van der Waals surface area (Å²) in [6, 6.07) is 24.9. The molecule has 0 saturated carbocycles. The quantitative estimate of drug-likeness (QED) is 0.214. The zero-order valence-corrected chi connectivity index (χ0v) is 13.3. The standard InChI is InChI=1S/C21H14N2O2/c24-22-19-17-12-6-4-10-15(17)16-11-5-7-13-18(16)20(19)23(25)21(22)14-8-2-1-3-9-14/h1-13,24H. The van der Waals surface area contributed by atoms with Gasteiger partial charge in [0, 0.05) is 10.8 Å². The topological polar surface area (TPSA) is 52.1 Å². The molecule has 0 saturated heterocycles. The van der Waals surface area contributed by atoms with Crippen molar-refractivity contribution in [3.05, 3.63) is 84.1 Å². The van der Waals surface area contributed by atoms with Gasteiger partial charge in [-0.2, -0.15) is 0 Å². The number of nitrogens with zero attached hydrogens (tertiary/aromatic N) is 2. The van der Waals surface area contributed by atoms with E-state index in [2.05, 4.69) is 0 Å². The number of aromatic nitrogens is 2. The first kappa shape index (κ1) is 13.9. The van der Waals surface area contributed by atoms with Crippen LogP contribution in [0.5, 0.6) is 0 Å². The van der Waals surface area contributed by atoms with Crippen LogP contribution in [0.3, 0.4) is 0 Å². The summed E-state index contributed by atoms with van der Waals surface area (Å²) in [5.41, 5.74) is 1.68. The molecule has 4 aromatic carbocycles. The molecule has 1 heterocycles. The van der Waals surface area contributed by atoms with E-state index in [0.29, 0.717) is 16.6 Å². The van der Waals surface area contributed by atoms with Crippen LogP contribution in [0, 0.1) is 5.21 Å². The predicted molar refractivity (Wildman–Crippen MR) is 98.5 cm³/mol. The van der Waals surface area contributed by atoms with Crippen molar-refractivity contribution in [3.8, 4) is 11.4 Å². The summed E-state index contributed by atoms with van der Waals surface area (Å²) in [6.07, 6.45) is 0. The first-order chi connectivity index (χ1) is 12.3. The Bertz CT molecular complexity index is 1180. The second-order valence-corrected chi connectivity index (χ2v) is 6.08. The van der Waals surface area contributed by atoms with E-state index in [1.807, 2.05) is 78.9 Å². The summed E-state index contributed by atoms with van der Waals surface area (Å²) in [7, 11) is 0. The number of imidazole rings is 1. The lowest BCUT2D eigenvalue weighted by Gasteiger charge is -2.06. The highest BCUT2D eigenvalue weighted by Crippen LogP contribution is 2.35. The van der Waals surface area contributed by atoms with Crippen LogP contribution in [-0.2, 0) is 0 Å². The molecule has 120 valence electrons. The summed E-state index contributed by atoms with van der Waals surface area (Å²) < 4.78 is 1.85. The predicted octanol–water partition coefficient (Wildman–Crippen LogP) is 4.49. The van der Waals surface area contributed by atoms with Gasteiger partial charge in [0.25, 0.3) is 0 Å². The Hall–Kier alpha value is -3.53. The third kappa shape index (κ3) is 1.79. The number of hydrogen-bond acceptors (Lipinski definition) is 2. The maximum absolute atomic E-state index is 13.1. The number of rotatable bonds is 1. The summed E-state index contributed by atoms with van der Waals surface area (Å²) in [5.74, 6) is 0.220. The van der Waals surface area contributed by atoms with E-state index in [1.54, 1.807) is 0 Å². The number of fused-ring (bicyclic) bond motifs is 6. The van der Waals surface area contributed by atoms with Crippen molar-refractivity contribution >= 4 is 32.6 Å². The van der Waals surface area contributed by atoms with Gasteiger partial charge >= 0.3 is 5.82 Å². The van der Waals surface area contributed by atoms with Crippen molar-refractivity contribution in [2.45, 2.75) is 0 Å². The smallest absolute Gasteiger partial charge is 0.332 e. The van der Waals surface area contributed by atoms with Gasteiger partial charge in [-0.15, -0.1) is 0 Å². The van der Waals surface area contributed by atoms with E-state index in [1.165, 1.54) is 0 Å². The Morgan fingerprint density at radius 2 is 1.20 bits per heavy atom. The molecule has 1 aromatic heterocycles. The third-order valence-corrected chi connectivity index (χ3v) is 4.72. The van der Waals surface area contributed by atoms with Crippen molar-refractivity contribution in [3.63, 3.8) is 0 Å². The minimum absolute atomic E-state index is 0.220. The average molecular weight is 326 g/mol. The molecule has 0 atom stereocenters. The molecule has 0 spiro atoms. The Morgan fingerprint density at radius 1 is 0.680 bits per heavy atom. The lowest BCUT2D eigenvalue weighted by atomic mass is 10.00. The van der Waals surface area contributed by atoms with E-state index in [0.717, 1.165) is 31.0 Å². The molecule has 5 rings (SSSR count). The fourth-order valence-corrected chi connectivity index (χ4v) is 3.65. The van der Waals surface area contributed by atoms with Crippen molar-refractivity contribution in [2.75, 3.05) is 0 Å². The average Bonchev–Trinajstić information content (AvgIpc) is 2.94. The Morgan fingerprint density at radius 3 is 1.88 bits per heavy atom. The fourth-order valence-electron chi connectivity index (χ4n) is 3.65. The van der Waals surface area contributed by atoms with Gasteiger partial charge in [-0.1, -0.05) is 54.6 Å². The third-order valence-electron chi connectivity index (χ3n) is 4.72. The summed E-state index contributed by atoms with van der Waals surface area (Å²) in [5, 5.41) is 27.7. The minimum Gasteiger partial charge on any atom is -0.710 e. The molecular formula is C21H14N2O2. The summed E-state index contributed by atoms with van der Waals surface area (Å²) >= 11 is 0. The number of benzene rings is 4. The second kappa shape index (κ2) is 4.98. The van der Waals surface area contributed by atoms with Crippen LogP contribution in [0.25, 0.3) is 44.0 Å². The molecule has 0 bridgehead atoms. The monoisotopic (exact) mass is 326 g/mol.